The first-order valence-corrected chi connectivity index (χ1v) is 7.96. The van der Waals surface area contributed by atoms with Crippen LogP contribution in [0.1, 0.15) is 37.7 Å². The van der Waals surface area contributed by atoms with E-state index in [1.807, 2.05) is 30.3 Å². The zero-order valence-electron chi connectivity index (χ0n) is 11.2. The number of carbonyl (C=O) groups is 1. The minimum absolute atomic E-state index is 0.180. The molecule has 0 aliphatic heterocycles. The van der Waals surface area contributed by atoms with Crippen LogP contribution in [0.15, 0.2) is 29.8 Å². The lowest BCUT2D eigenvalue weighted by atomic mass is 9.95. The van der Waals surface area contributed by atoms with Gasteiger partial charge in [-0.1, -0.05) is 37.5 Å². The Balaban J connectivity index is 2.09. The van der Waals surface area contributed by atoms with E-state index >= 15 is 0 Å². The van der Waals surface area contributed by atoms with Crippen LogP contribution >= 0.6 is 22.6 Å². The molecule has 3 nitrogen and oxygen atoms in total. The van der Waals surface area contributed by atoms with Crippen molar-refractivity contribution in [3.8, 4) is 6.07 Å². The highest BCUT2D eigenvalue weighted by atomic mass is 127. The quantitative estimate of drug-likeness (QED) is 0.495. The normalized spacial score (nSPS) is 16.5. The highest BCUT2D eigenvalue weighted by Gasteiger charge is 2.18. The number of carbonyl (C=O) groups excluding carboxylic acids is 1. The van der Waals surface area contributed by atoms with Crippen molar-refractivity contribution in [1.29, 1.82) is 5.26 Å². The van der Waals surface area contributed by atoms with Gasteiger partial charge in [-0.2, -0.15) is 5.26 Å². The molecule has 0 saturated heterocycles. The maximum Gasteiger partial charge on any atom is 0.262 e. The molecule has 1 saturated carbocycles. The van der Waals surface area contributed by atoms with Gasteiger partial charge in [-0.15, -0.1) is 0 Å². The average Bonchev–Trinajstić information content (AvgIpc) is 2.47. The second-order valence-electron chi connectivity index (χ2n) is 5.00. The highest BCUT2D eigenvalue weighted by molar-refractivity contribution is 14.1. The maximum atomic E-state index is 12.2. The fourth-order valence-corrected chi connectivity index (χ4v) is 2.95. The molecule has 0 bridgehead atoms. The standard InChI is InChI=1S/C16H17IN2O/c17-15-9-5-4-6-12(15)10-13(11-18)16(20)19-14-7-2-1-3-8-14/h4-6,9-10,14H,1-3,7-8H2,(H,19,20)/b13-10-. The van der Waals surface area contributed by atoms with Gasteiger partial charge in [0.15, 0.2) is 0 Å². The van der Waals surface area contributed by atoms with E-state index in [1.165, 1.54) is 6.42 Å². The molecular formula is C16H17IN2O. The summed E-state index contributed by atoms with van der Waals surface area (Å²) in [4.78, 5) is 12.2. The van der Waals surface area contributed by atoms with Gasteiger partial charge < -0.3 is 5.32 Å². The van der Waals surface area contributed by atoms with Crippen molar-refractivity contribution < 1.29 is 4.79 Å². The van der Waals surface area contributed by atoms with Gasteiger partial charge in [-0.05, 0) is 53.1 Å². The highest BCUT2D eigenvalue weighted by Crippen LogP contribution is 2.19. The minimum Gasteiger partial charge on any atom is -0.349 e. The van der Waals surface area contributed by atoms with Crippen molar-refractivity contribution in [2.24, 2.45) is 0 Å². The van der Waals surface area contributed by atoms with E-state index in [4.69, 9.17) is 0 Å². The summed E-state index contributed by atoms with van der Waals surface area (Å²) < 4.78 is 1.03. The third-order valence-corrected chi connectivity index (χ3v) is 4.49. The van der Waals surface area contributed by atoms with Gasteiger partial charge in [0.05, 0.1) is 0 Å². The third kappa shape index (κ3) is 4.07. The van der Waals surface area contributed by atoms with E-state index in [1.54, 1.807) is 6.08 Å². The molecule has 2 rings (SSSR count). The zero-order valence-corrected chi connectivity index (χ0v) is 13.4. The Morgan fingerprint density at radius 1 is 1.30 bits per heavy atom. The molecule has 1 fully saturated rings. The van der Waals surface area contributed by atoms with Gasteiger partial charge in [-0.25, -0.2) is 0 Å². The molecule has 0 spiro atoms. The van der Waals surface area contributed by atoms with Crippen molar-refractivity contribution in [3.63, 3.8) is 0 Å². The molecule has 0 aromatic heterocycles. The molecule has 1 amide bonds. The Labute approximate surface area is 133 Å². The average molecular weight is 380 g/mol. The lowest BCUT2D eigenvalue weighted by molar-refractivity contribution is -0.117. The van der Waals surface area contributed by atoms with Crippen LogP contribution in [0, 0.1) is 14.9 Å². The molecule has 1 aromatic carbocycles. The number of hydrogen-bond acceptors (Lipinski definition) is 2. The van der Waals surface area contributed by atoms with Gasteiger partial charge in [0.25, 0.3) is 5.91 Å². The molecule has 0 unspecified atom stereocenters. The Morgan fingerprint density at radius 2 is 2.00 bits per heavy atom. The first-order chi connectivity index (χ1) is 9.70. The Kier molecular flexibility index (Phi) is 5.60. The van der Waals surface area contributed by atoms with E-state index in [9.17, 15) is 10.1 Å². The van der Waals surface area contributed by atoms with Crippen LogP contribution in [-0.2, 0) is 4.79 Å². The van der Waals surface area contributed by atoms with Crippen LogP contribution in [0.3, 0.4) is 0 Å². The molecule has 104 valence electrons. The summed E-state index contributed by atoms with van der Waals surface area (Å²) in [6.45, 7) is 0. The second kappa shape index (κ2) is 7.44. The SMILES string of the molecule is N#C/C(=C/c1ccccc1I)C(=O)NC1CCCCC1. The number of benzene rings is 1. The third-order valence-electron chi connectivity index (χ3n) is 3.51. The van der Waals surface area contributed by atoms with E-state index in [-0.39, 0.29) is 17.5 Å². The number of nitrogens with one attached hydrogen (secondary N) is 1. The molecule has 0 atom stereocenters. The van der Waals surface area contributed by atoms with Crippen LogP contribution < -0.4 is 5.32 Å². The summed E-state index contributed by atoms with van der Waals surface area (Å²) in [6, 6.07) is 9.95. The molecule has 1 aliphatic carbocycles. The van der Waals surface area contributed by atoms with E-state index in [0.717, 1.165) is 34.8 Å². The zero-order chi connectivity index (χ0) is 14.4. The fraction of sp³-hybridized carbons (Fsp3) is 0.375. The van der Waals surface area contributed by atoms with Gasteiger partial charge in [0.2, 0.25) is 0 Å². The van der Waals surface area contributed by atoms with Crippen LogP contribution in [0.25, 0.3) is 6.08 Å². The van der Waals surface area contributed by atoms with Crippen molar-refractivity contribution in [2.75, 3.05) is 0 Å². The molecular weight excluding hydrogens is 363 g/mol. The maximum absolute atomic E-state index is 12.2. The molecule has 4 heteroatoms. The second-order valence-corrected chi connectivity index (χ2v) is 6.16. The topological polar surface area (TPSA) is 52.9 Å². The molecule has 0 radical (unpaired) electrons. The number of halogens is 1. The van der Waals surface area contributed by atoms with Crippen LogP contribution in [0.4, 0.5) is 0 Å². The summed E-state index contributed by atoms with van der Waals surface area (Å²) in [6.07, 6.45) is 7.27. The Hall–Kier alpha value is -1.35. The summed E-state index contributed by atoms with van der Waals surface area (Å²) >= 11 is 2.20. The summed E-state index contributed by atoms with van der Waals surface area (Å²) in [5, 5.41) is 12.2. The van der Waals surface area contributed by atoms with E-state index < -0.39 is 0 Å². The number of nitriles is 1. The van der Waals surface area contributed by atoms with Crippen LogP contribution in [0.5, 0.6) is 0 Å². The Morgan fingerprint density at radius 3 is 2.65 bits per heavy atom. The van der Waals surface area contributed by atoms with Gasteiger partial charge in [0.1, 0.15) is 11.6 Å². The van der Waals surface area contributed by atoms with Gasteiger partial charge >= 0.3 is 0 Å². The molecule has 1 aromatic rings. The van der Waals surface area contributed by atoms with Crippen molar-refractivity contribution in [2.45, 2.75) is 38.1 Å². The van der Waals surface area contributed by atoms with Crippen LogP contribution in [-0.4, -0.2) is 11.9 Å². The lowest BCUT2D eigenvalue weighted by Gasteiger charge is -2.22. The Bertz CT molecular complexity index is 554. The summed E-state index contributed by atoms with van der Waals surface area (Å²) in [7, 11) is 0. The van der Waals surface area contributed by atoms with Crippen molar-refractivity contribution >= 4 is 34.6 Å². The molecule has 20 heavy (non-hydrogen) atoms. The molecule has 1 N–H and O–H groups in total. The number of nitrogens with zero attached hydrogens (tertiary/aromatic N) is 1. The predicted molar refractivity (Wildman–Crippen MR) is 87.8 cm³/mol. The monoisotopic (exact) mass is 380 g/mol. The van der Waals surface area contributed by atoms with Crippen molar-refractivity contribution in [1.82, 2.24) is 5.32 Å². The van der Waals surface area contributed by atoms with E-state index in [0.29, 0.717) is 0 Å². The first-order valence-electron chi connectivity index (χ1n) is 6.88. The number of amides is 1. The molecule has 1 aliphatic rings. The lowest BCUT2D eigenvalue weighted by Crippen LogP contribution is -2.36. The van der Waals surface area contributed by atoms with E-state index in [2.05, 4.69) is 27.9 Å². The van der Waals surface area contributed by atoms with Gasteiger partial charge in [0, 0.05) is 9.61 Å². The fourth-order valence-electron chi connectivity index (χ4n) is 2.41. The summed E-state index contributed by atoms with van der Waals surface area (Å²) in [5.41, 5.74) is 1.09. The minimum atomic E-state index is -0.251. The molecule has 0 heterocycles. The van der Waals surface area contributed by atoms with Crippen molar-refractivity contribution in [3.05, 3.63) is 39.0 Å². The number of hydrogen-bond donors (Lipinski definition) is 1. The largest absolute Gasteiger partial charge is 0.349 e. The van der Waals surface area contributed by atoms with Gasteiger partial charge in [-0.3, -0.25) is 4.79 Å². The summed E-state index contributed by atoms with van der Waals surface area (Å²) in [5.74, 6) is -0.251. The van der Waals surface area contributed by atoms with Crippen LogP contribution in [0.2, 0.25) is 0 Å². The smallest absolute Gasteiger partial charge is 0.262 e. The number of rotatable bonds is 3. The predicted octanol–water partition coefficient (Wildman–Crippen LogP) is 3.65. The first kappa shape index (κ1) is 15.0.